The third-order valence-corrected chi connectivity index (χ3v) is 8.87. The number of nitrogens with one attached hydrogen (secondary N) is 1. The molecule has 4 heterocycles. The molecule has 218 valence electrons. The maximum atomic E-state index is 13.5. The minimum atomic E-state index is -0.217. The Morgan fingerprint density at radius 1 is 0.860 bits per heavy atom. The highest BCUT2D eigenvalue weighted by atomic mass is 16.5. The molecule has 3 atom stereocenters. The second-order valence-electron chi connectivity index (χ2n) is 11.7. The maximum Gasteiger partial charge on any atom is 0.270 e. The molecule has 6 rings (SSSR count). The number of aromatic nitrogens is 1. The summed E-state index contributed by atoms with van der Waals surface area (Å²) in [5.74, 6) is 0.485. The van der Waals surface area contributed by atoms with Gasteiger partial charge in [0.25, 0.3) is 11.8 Å². The Kier molecular flexibility index (Phi) is 8.35. The number of pyridine rings is 1. The fourth-order valence-electron chi connectivity index (χ4n) is 6.60. The first-order chi connectivity index (χ1) is 21.0. The quantitative estimate of drug-likeness (QED) is 0.443. The van der Waals surface area contributed by atoms with Crippen molar-refractivity contribution in [3.05, 3.63) is 94.8 Å². The van der Waals surface area contributed by atoms with Gasteiger partial charge in [-0.2, -0.15) is 10.5 Å². The van der Waals surface area contributed by atoms with Gasteiger partial charge in [0.1, 0.15) is 17.5 Å². The molecule has 3 aliphatic rings. The molecule has 2 aromatic carbocycles. The van der Waals surface area contributed by atoms with E-state index in [1.165, 1.54) is 11.8 Å². The standard InChI is InChI=1S/C34H34N6O3/c35-19-23-1-3-25(4-2-23)22-39-15-13-27(14-16-39)38-33(41)32-12-7-26(21-37-32)34(42)40-28-8-9-29(40)18-31(17-28)43-30-10-5-24(20-36)6-11-30/h1-7,10-12,21,27-29,31H,8-9,13-18,22H2,(H,38,41)/t28-,29+,31+. The van der Waals surface area contributed by atoms with Gasteiger partial charge in [-0.25, -0.2) is 0 Å². The van der Waals surface area contributed by atoms with Crippen LogP contribution in [0.4, 0.5) is 0 Å². The minimum absolute atomic E-state index is 0.0292. The summed E-state index contributed by atoms with van der Waals surface area (Å²) in [5, 5.41) is 21.1. The average Bonchev–Trinajstić information content (AvgIpc) is 3.32. The van der Waals surface area contributed by atoms with Crippen LogP contribution in [0.3, 0.4) is 0 Å². The number of hydrogen-bond acceptors (Lipinski definition) is 7. The van der Waals surface area contributed by atoms with Gasteiger partial charge >= 0.3 is 0 Å². The zero-order chi connectivity index (χ0) is 29.8. The van der Waals surface area contributed by atoms with E-state index in [1.807, 2.05) is 41.3 Å². The largest absolute Gasteiger partial charge is 0.490 e. The first-order valence-electron chi connectivity index (χ1n) is 15.0. The predicted molar refractivity (Wildman–Crippen MR) is 159 cm³/mol. The molecule has 0 saturated carbocycles. The van der Waals surface area contributed by atoms with E-state index in [9.17, 15) is 9.59 Å². The number of amides is 2. The first kappa shape index (κ1) is 28.4. The summed E-state index contributed by atoms with van der Waals surface area (Å²) in [6, 6.07) is 22.7. The molecule has 43 heavy (non-hydrogen) atoms. The SMILES string of the molecule is N#Cc1ccc(CN2CCC(NC(=O)c3ccc(C(=O)N4[C@@H]5CC[C@H]4C[C@@H](Oc4ccc(C#N)cc4)C5)cn3)CC2)cc1. The molecule has 9 nitrogen and oxygen atoms in total. The van der Waals surface area contributed by atoms with Crippen molar-refractivity contribution in [1.82, 2.24) is 20.1 Å². The fraction of sp³-hybridized carbons (Fsp3) is 0.382. The number of nitriles is 2. The van der Waals surface area contributed by atoms with E-state index in [0.29, 0.717) is 22.4 Å². The summed E-state index contributed by atoms with van der Waals surface area (Å²) in [4.78, 5) is 35.1. The second-order valence-corrected chi connectivity index (χ2v) is 11.7. The summed E-state index contributed by atoms with van der Waals surface area (Å²) in [6.45, 7) is 2.58. The maximum absolute atomic E-state index is 13.5. The molecule has 2 amide bonds. The van der Waals surface area contributed by atoms with Gasteiger partial charge in [-0.3, -0.25) is 19.5 Å². The second kappa shape index (κ2) is 12.6. The van der Waals surface area contributed by atoms with E-state index in [4.69, 9.17) is 15.3 Å². The van der Waals surface area contributed by atoms with Crippen molar-refractivity contribution in [2.45, 2.75) is 69.3 Å². The van der Waals surface area contributed by atoms with Gasteiger partial charge in [-0.15, -0.1) is 0 Å². The van der Waals surface area contributed by atoms with Crippen molar-refractivity contribution in [3.8, 4) is 17.9 Å². The number of carbonyl (C=O) groups excluding carboxylic acids is 2. The zero-order valence-corrected chi connectivity index (χ0v) is 24.0. The molecule has 3 fully saturated rings. The summed E-state index contributed by atoms with van der Waals surface area (Å²) < 4.78 is 6.20. The number of benzene rings is 2. The van der Waals surface area contributed by atoms with Gasteiger partial charge in [-0.05, 0) is 79.8 Å². The molecular weight excluding hydrogens is 540 g/mol. The van der Waals surface area contributed by atoms with Crippen molar-refractivity contribution < 1.29 is 14.3 Å². The van der Waals surface area contributed by atoms with Gasteiger partial charge < -0.3 is 15.0 Å². The van der Waals surface area contributed by atoms with Crippen LogP contribution in [-0.2, 0) is 6.54 Å². The van der Waals surface area contributed by atoms with E-state index in [-0.39, 0.29) is 36.0 Å². The third-order valence-electron chi connectivity index (χ3n) is 8.87. The molecule has 3 aliphatic heterocycles. The monoisotopic (exact) mass is 574 g/mol. The topological polar surface area (TPSA) is 122 Å². The molecule has 0 aliphatic carbocycles. The Morgan fingerprint density at radius 3 is 2.07 bits per heavy atom. The van der Waals surface area contributed by atoms with Crippen LogP contribution in [0.15, 0.2) is 66.9 Å². The van der Waals surface area contributed by atoms with E-state index in [1.54, 1.807) is 24.3 Å². The fourth-order valence-corrected chi connectivity index (χ4v) is 6.60. The molecule has 0 spiro atoms. The molecule has 0 radical (unpaired) electrons. The predicted octanol–water partition coefficient (Wildman–Crippen LogP) is 4.43. The zero-order valence-electron chi connectivity index (χ0n) is 24.0. The highest BCUT2D eigenvalue weighted by Crippen LogP contribution is 2.38. The number of hydrogen-bond donors (Lipinski definition) is 1. The van der Waals surface area contributed by atoms with Crippen LogP contribution in [0, 0.1) is 22.7 Å². The molecule has 1 aromatic heterocycles. The summed E-state index contributed by atoms with van der Waals surface area (Å²) in [7, 11) is 0. The molecule has 9 heteroatoms. The lowest BCUT2D eigenvalue weighted by atomic mass is 9.98. The Bertz CT molecular complexity index is 1520. The van der Waals surface area contributed by atoms with E-state index >= 15 is 0 Å². The number of piperidine rings is 2. The lowest BCUT2D eigenvalue weighted by Crippen LogP contribution is -2.49. The Morgan fingerprint density at radius 2 is 1.49 bits per heavy atom. The number of rotatable bonds is 7. The van der Waals surface area contributed by atoms with Crippen LogP contribution in [0.1, 0.15) is 76.1 Å². The van der Waals surface area contributed by atoms with Crippen molar-refractivity contribution in [2.75, 3.05) is 13.1 Å². The number of carbonyl (C=O) groups is 2. The van der Waals surface area contributed by atoms with Crippen LogP contribution in [0.5, 0.6) is 5.75 Å². The number of ether oxygens (including phenoxy) is 1. The van der Waals surface area contributed by atoms with Gasteiger partial charge in [0, 0.05) is 56.8 Å². The van der Waals surface area contributed by atoms with E-state index in [0.717, 1.165) is 63.9 Å². The van der Waals surface area contributed by atoms with Crippen LogP contribution in [-0.4, -0.2) is 63.9 Å². The molecule has 1 N–H and O–H groups in total. The van der Waals surface area contributed by atoms with Gasteiger partial charge in [0.15, 0.2) is 0 Å². The lowest BCUT2D eigenvalue weighted by Gasteiger charge is -2.39. The molecule has 0 unspecified atom stereocenters. The first-order valence-corrected chi connectivity index (χ1v) is 15.0. The van der Waals surface area contributed by atoms with Gasteiger partial charge in [0.05, 0.1) is 28.8 Å². The van der Waals surface area contributed by atoms with Gasteiger partial charge in [0.2, 0.25) is 0 Å². The summed E-state index contributed by atoms with van der Waals surface area (Å²) in [6.07, 6.45) is 6.69. The van der Waals surface area contributed by atoms with Crippen molar-refractivity contribution >= 4 is 11.8 Å². The van der Waals surface area contributed by atoms with Crippen LogP contribution < -0.4 is 10.1 Å². The summed E-state index contributed by atoms with van der Waals surface area (Å²) in [5.41, 5.74) is 3.25. The number of fused-ring (bicyclic) bond motifs is 2. The highest BCUT2D eigenvalue weighted by Gasteiger charge is 2.44. The van der Waals surface area contributed by atoms with Crippen LogP contribution in [0.2, 0.25) is 0 Å². The molecule has 3 aromatic rings. The Balaban J connectivity index is 0.983. The molecule has 3 saturated heterocycles. The summed E-state index contributed by atoms with van der Waals surface area (Å²) >= 11 is 0. The average molecular weight is 575 g/mol. The minimum Gasteiger partial charge on any atom is -0.490 e. The number of nitrogens with zero attached hydrogens (tertiary/aromatic N) is 5. The van der Waals surface area contributed by atoms with Crippen molar-refractivity contribution in [3.63, 3.8) is 0 Å². The lowest BCUT2D eigenvalue weighted by molar-refractivity contribution is 0.0358. The van der Waals surface area contributed by atoms with Crippen molar-refractivity contribution in [2.24, 2.45) is 0 Å². The van der Waals surface area contributed by atoms with Crippen LogP contribution in [0.25, 0.3) is 0 Å². The van der Waals surface area contributed by atoms with Crippen LogP contribution >= 0.6 is 0 Å². The number of likely N-dealkylation sites (tertiary alicyclic amines) is 1. The third kappa shape index (κ3) is 6.53. The van der Waals surface area contributed by atoms with E-state index in [2.05, 4.69) is 27.3 Å². The Labute approximate surface area is 251 Å². The molecular formula is C34H34N6O3. The van der Waals surface area contributed by atoms with Crippen molar-refractivity contribution in [1.29, 1.82) is 10.5 Å². The van der Waals surface area contributed by atoms with E-state index < -0.39 is 0 Å². The van der Waals surface area contributed by atoms with Gasteiger partial charge in [-0.1, -0.05) is 12.1 Å². The molecule has 2 bridgehead atoms. The normalized spacial score (nSPS) is 21.9. The smallest absolute Gasteiger partial charge is 0.270 e. The highest BCUT2D eigenvalue weighted by molar-refractivity contribution is 5.96. The Hall–Kier alpha value is -4.73.